The molecule has 0 saturated carbocycles. The van der Waals surface area contributed by atoms with E-state index in [1.54, 1.807) is 6.92 Å². The summed E-state index contributed by atoms with van der Waals surface area (Å²) in [6.45, 7) is 2.87. The van der Waals surface area contributed by atoms with Gasteiger partial charge in [-0.15, -0.1) is 0 Å². The summed E-state index contributed by atoms with van der Waals surface area (Å²) in [6, 6.07) is 13.6. The van der Waals surface area contributed by atoms with Crippen LogP contribution in [0.5, 0.6) is 5.75 Å². The number of sulfonamides is 1. The summed E-state index contributed by atoms with van der Waals surface area (Å²) in [5, 5.41) is 6.79. The normalized spacial score (nSPS) is 14.8. The summed E-state index contributed by atoms with van der Waals surface area (Å²) in [4.78, 5) is 13.2. The van der Waals surface area contributed by atoms with Gasteiger partial charge in [0.1, 0.15) is 22.8 Å². The zero-order chi connectivity index (χ0) is 22.7. The highest BCUT2D eigenvalue weighted by atomic mass is 32.2. The number of aromatic nitrogens is 1. The number of anilines is 1. The van der Waals surface area contributed by atoms with Gasteiger partial charge in [-0.1, -0.05) is 35.5 Å². The van der Waals surface area contributed by atoms with Gasteiger partial charge in [0.05, 0.1) is 30.9 Å². The van der Waals surface area contributed by atoms with E-state index in [9.17, 15) is 13.2 Å². The van der Waals surface area contributed by atoms with Crippen LogP contribution in [0, 0.1) is 6.92 Å². The summed E-state index contributed by atoms with van der Waals surface area (Å²) in [5.41, 5.74) is 1.62. The van der Waals surface area contributed by atoms with E-state index in [1.807, 2.05) is 30.3 Å². The van der Waals surface area contributed by atoms with Crippen LogP contribution < -0.4 is 10.1 Å². The molecule has 0 bridgehead atoms. The average Bonchev–Trinajstić information content (AvgIpc) is 3.21. The van der Waals surface area contributed by atoms with Gasteiger partial charge in [0.2, 0.25) is 10.0 Å². The Morgan fingerprint density at radius 1 is 1.12 bits per heavy atom. The number of amides is 1. The monoisotopic (exact) mass is 457 g/mol. The van der Waals surface area contributed by atoms with Crippen molar-refractivity contribution in [3.05, 3.63) is 59.9 Å². The van der Waals surface area contributed by atoms with Crippen molar-refractivity contribution >= 4 is 21.6 Å². The van der Waals surface area contributed by atoms with Crippen molar-refractivity contribution in [2.24, 2.45) is 0 Å². The number of hydrogen-bond donors (Lipinski definition) is 1. The number of nitrogens with one attached hydrogen (secondary N) is 1. The smallest absolute Gasteiger partial charge is 0.261 e. The van der Waals surface area contributed by atoms with Crippen molar-refractivity contribution < 1.29 is 27.2 Å². The van der Waals surface area contributed by atoms with E-state index < -0.39 is 15.9 Å². The van der Waals surface area contributed by atoms with Crippen LogP contribution in [0.4, 0.5) is 5.69 Å². The van der Waals surface area contributed by atoms with Gasteiger partial charge in [-0.3, -0.25) is 4.79 Å². The second-order valence-corrected chi connectivity index (χ2v) is 9.10. The minimum Gasteiger partial charge on any atom is -0.495 e. The standard InChI is InChI=1S/C22H23N3O6S/c1-15-20(21(24-31-15)16-6-4-3-5-7-16)22(26)23-18-14-17(8-9-19(18)29-2)32(27,28)25-10-12-30-13-11-25/h3-9,14H,10-13H2,1-2H3,(H,23,26). The van der Waals surface area contributed by atoms with Crippen molar-refractivity contribution in [3.8, 4) is 17.0 Å². The number of benzene rings is 2. The fourth-order valence-corrected chi connectivity index (χ4v) is 4.93. The lowest BCUT2D eigenvalue weighted by Gasteiger charge is -2.26. The van der Waals surface area contributed by atoms with Crippen molar-refractivity contribution in [2.75, 3.05) is 38.7 Å². The summed E-state index contributed by atoms with van der Waals surface area (Å²) in [7, 11) is -2.30. The molecule has 1 aliphatic rings. The van der Waals surface area contributed by atoms with Crippen molar-refractivity contribution in [1.29, 1.82) is 0 Å². The Hall–Kier alpha value is -3.21. The molecule has 0 spiro atoms. The Morgan fingerprint density at radius 2 is 1.84 bits per heavy atom. The molecular formula is C22H23N3O6S. The molecule has 32 heavy (non-hydrogen) atoms. The number of aryl methyl sites for hydroxylation is 1. The predicted octanol–water partition coefficient (Wildman–Crippen LogP) is 2.93. The van der Waals surface area contributed by atoms with Crippen LogP contribution in [0.3, 0.4) is 0 Å². The summed E-state index contributed by atoms with van der Waals surface area (Å²) in [5.74, 6) is 0.189. The molecule has 1 amide bonds. The van der Waals surface area contributed by atoms with Crippen LogP contribution in [0.15, 0.2) is 57.9 Å². The number of nitrogens with zero attached hydrogens (tertiary/aromatic N) is 2. The van der Waals surface area contributed by atoms with E-state index in [0.717, 1.165) is 5.56 Å². The summed E-state index contributed by atoms with van der Waals surface area (Å²) >= 11 is 0. The Morgan fingerprint density at radius 3 is 2.53 bits per heavy atom. The predicted molar refractivity (Wildman–Crippen MR) is 117 cm³/mol. The Kier molecular flexibility index (Phi) is 6.26. The second-order valence-electron chi connectivity index (χ2n) is 7.16. The zero-order valence-electron chi connectivity index (χ0n) is 17.7. The van der Waals surface area contributed by atoms with E-state index in [0.29, 0.717) is 30.4 Å². The molecular weight excluding hydrogens is 434 g/mol. The molecule has 0 radical (unpaired) electrons. The Balaban J connectivity index is 1.67. The first-order chi connectivity index (χ1) is 15.4. The molecule has 0 atom stereocenters. The van der Waals surface area contributed by atoms with Gasteiger partial charge in [-0.25, -0.2) is 8.42 Å². The largest absolute Gasteiger partial charge is 0.495 e. The summed E-state index contributed by atoms with van der Waals surface area (Å²) < 4.78 is 43.3. The lowest BCUT2D eigenvalue weighted by Crippen LogP contribution is -2.40. The van der Waals surface area contributed by atoms with E-state index >= 15 is 0 Å². The molecule has 1 aliphatic heterocycles. The number of morpholine rings is 1. The second kappa shape index (κ2) is 9.11. The third-order valence-corrected chi connectivity index (χ3v) is 7.06. The number of rotatable bonds is 6. The molecule has 1 aromatic heterocycles. The molecule has 0 aliphatic carbocycles. The first-order valence-electron chi connectivity index (χ1n) is 10.0. The number of hydrogen-bond acceptors (Lipinski definition) is 7. The molecule has 1 fully saturated rings. The SMILES string of the molecule is COc1ccc(S(=O)(=O)N2CCOCC2)cc1NC(=O)c1c(-c2ccccc2)noc1C. The molecule has 1 saturated heterocycles. The lowest BCUT2D eigenvalue weighted by atomic mass is 10.1. The topological polar surface area (TPSA) is 111 Å². The highest BCUT2D eigenvalue weighted by Gasteiger charge is 2.28. The first kappa shape index (κ1) is 22.0. The molecule has 2 heterocycles. The van der Waals surface area contributed by atoms with Gasteiger partial charge in [0.25, 0.3) is 5.91 Å². The van der Waals surface area contributed by atoms with E-state index in [-0.39, 0.29) is 29.2 Å². The molecule has 168 valence electrons. The van der Waals surface area contributed by atoms with E-state index in [4.69, 9.17) is 14.0 Å². The molecule has 1 N–H and O–H groups in total. The minimum atomic E-state index is -3.74. The van der Waals surface area contributed by atoms with Crippen LogP contribution in [0.2, 0.25) is 0 Å². The van der Waals surface area contributed by atoms with Gasteiger partial charge < -0.3 is 19.3 Å². The van der Waals surface area contributed by atoms with Crippen LogP contribution in [0.25, 0.3) is 11.3 Å². The number of carbonyl (C=O) groups is 1. The molecule has 3 aromatic rings. The quantitative estimate of drug-likeness (QED) is 0.606. The third-order valence-electron chi connectivity index (χ3n) is 5.16. The molecule has 4 rings (SSSR count). The van der Waals surface area contributed by atoms with E-state index in [1.165, 1.54) is 29.6 Å². The maximum Gasteiger partial charge on any atom is 0.261 e. The van der Waals surface area contributed by atoms with Crippen LogP contribution in [0.1, 0.15) is 16.1 Å². The van der Waals surface area contributed by atoms with Crippen LogP contribution in [-0.2, 0) is 14.8 Å². The van der Waals surface area contributed by atoms with Gasteiger partial charge in [0.15, 0.2) is 0 Å². The first-order valence-corrected chi connectivity index (χ1v) is 11.4. The number of ether oxygens (including phenoxy) is 2. The minimum absolute atomic E-state index is 0.0563. The summed E-state index contributed by atoms with van der Waals surface area (Å²) in [6.07, 6.45) is 0. The van der Waals surface area contributed by atoms with Crippen molar-refractivity contribution in [1.82, 2.24) is 9.46 Å². The molecule has 10 heteroatoms. The number of carbonyl (C=O) groups excluding carboxylic acids is 1. The van der Waals surface area contributed by atoms with Gasteiger partial charge in [0, 0.05) is 18.7 Å². The molecule has 2 aromatic carbocycles. The van der Waals surface area contributed by atoms with Crippen molar-refractivity contribution in [3.63, 3.8) is 0 Å². The van der Waals surface area contributed by atoms with Crippen molar-refractivity contribution in [2.45, 2.75) is 11.8 Å². The van der Waals surface area contributed by atoms with E-state index in [2.05, 4.69) is 10.5 Å². The van der Waals surface area contributed by atoms with Gasteiger partial charge in [-0.05, 0) is 25.1 Å². The number of methoxy groups -OCH3 is 1. The molecule has 9 nitrogen and oxygen atoms in total. The Labute approximate surface area is 186 Å². The maximum absolute atomic E-state index is 13.2. The van der Waals surface area contributed by atoms with Gasteiger partial charge >= 0.3 is 0 Å². The fraction of sp³-hybridized carbons (Fsp3) is 0.273. The van der Waals surface area contributed by atoms with Crippen LogP contribution in [-0.4, -0.2) is 57.2 Å². The fourth-order valence-electron chi connectivity index (χ4n) is 3.50. The highest BCUT2D eigenvalue weighted by molar-refractivity contribution is 7.89. The van der Waals surface area contributed by atoms with Crippen LogP contribution >= 0.6 is 0 Å². The Bertz CT molecular complexity index is 1220. The zero-order valence-corrected chi connectivity index (χ0v) is 18.5. The highest BCUT2D eigenvalue weighted by Crippen LogP contribution is 2.31. The molecule has 0 unspecified atom stereocenters. The average molecular weight is 458 g/mol. The van der Waals surface area contributed by atoms with Gasteiger partial charge in [-0.2, -0.15) is 4.31 Å². The third kappa shape index (κ3) is 4.24. The maximum atomic E-state index is 13.2. The lowest BCUT2D eigenvalue weighted by molar-refractivity contribution is 0.0730.